The summed E-state index contributed by atoms with van der Waals surface area (Å²) in [7, 11) is 0. The van der Waals surface area contributed by atoms with Gasteiger partial charge in [-0.25, -0.2) is 0 Å². The summed E-state index contributed by atoms with van der Waals surface area (Å²) in [6.07, 6.45) is 6.76. The molecule has 2 aromatic heterocycles. The zero-order chi connectivity index (χ0) is 10.8. The monoisotopic (exact) mass is 208 g/mol. The van der Waals surface area contributed by atoms with Crippen LogP contribution in [0.3, 0.4) is 0 Å². The molecule has 0 aliphatic carbocycles. The van der Waals surface area contributed by atoms with Crippen molar-refractivity contribution in [3.05, 3.63) is 72.3 Å². The van der Waals surface area contributed by atoms with E-state index >= 15 is 0 Å². The van der Waals surface area contributed by atoms with Crippen molar-refractivity contribution in [3.63, 3.8) is 0 Å². The highest BCUT2D eigenvalue weighted by molar-refractivity contribution is 5.53. The zero-order valence-electron chi connectivity index (χ0n) is 8.88. The standard InChI is InChI=1S/C14H12N2/c1-2-5-12(6-3-1)11-13-14-7-4-9-16(14)10-8-15-13/h1-10H,11H2. The molecule has 0 bridgehead atoms. The SMILES string of the molecule is c1ccc(Cc2nccn3cccc23)cc1. The lowest BCUT2D eigenvalue weighted by atomic mass is 10.1. The van der Waals surface area contributed by atoms with Gasteiger partial charge in [0.05, 0.1) is 11.2 Å². The van der Waals surface area contributed by atoms with Crippen LogP contribution in [-0.4, -0.2) is 9.38 Å². The summed E-state index contributed by atoms with van der Waals surface area (Å²) < 4.78 is 2.10. The third-order valence-corrected chi connectivity index (χ3v) is 2.75. The number of rotatable bonds is 2. The fourth-order valence-electron chi connectivity index (χ4n) is 1.96. The van der Waals surface area contributed by atoms with E-state index in [0.717, 1.165) is 12.1 Å². The van der Waals surface area contributed by atoms with Gasteiger partial charge in [-0.3, -0.25) is 4.98 Å². The molecule has 2 nitrogen and oxygen atoms in total. The number of aromatic nitrogens is 2. The Kier molecular flexibility index (Phi) is 2.18. The quantitative estimate of drug-likeness (QED) is 0.633. The molecular weight excluding hydrogens is 196 g/mol. The summed E-state index contributed by atoms with van der Waals surface area (Å²) in [5.41, 5.74) is 3.61. The van der Waals surface area contributed by atoms with Gasteiger partial charge in [-0.2, -0.15) is 0 Å². The van der Waals surface area contributed by atoms with Gasteiger partial charge in [-0.15, -0.1) is 0 Å². The number of hydrogen-bond donors (Lipinski definition) is 0. The van der Waals surface area contributed by atoms with E-state index in [0.29, 0.717) is 0 Å². The normalized spacial score (nSPS) is 10.8. The number of hydrogen-bond acceptors (Lipinski definition) is 1. The van der Waals surface area contributed by atoms with Crippen molar-refractivity contribution in [1.82, 2.24) is 9.38 Å². The molecule has 0 spiro atoms. The van der Waals surface area contributed by atoms with Gasteiger partial charge in [0.2, 0.25) is 0 Å². The molecule has 0 N–H and O–H groups in total. The summed E-state index contributed by atoms with van der Waals surface area (Å²) in [5, 5.41) is 0. The van der Waals surface area contributed by atoms with Gasteiger partial charge < -0.3 is 4.40 Å². The summed E-state index contributed by atoms with van der Waals surface area (Å²) in [6.45, 7) is 0. The van der Waals surface area contributed by atoms with Crippen LogP contribution in [0.2, 0.25) is 0 Å². The molecule has 0 saturated carbocycles. The van der Waals surface area contributed by atoms with Crippen molar-refractivity contribution >= 4 is 5.52 Å². The minimum absolute atomic E-state index is 0.884. The van der Waals surface area contributed by atoms with Gasteiger partial charge in [0, 0.05) is 25.0 Å². The first-order chi connectivity index (χ1) is 7.93. The van der Waals surface area contributed by atoms with Crippen molar-refractivity contribution in [2.45, 2.75) is 6.42 Å². The van der Waals surface area contributed by atoms with Gasteiger partial charge in [0.1, 0.15) is 0 Å². The molecule has 0 amide bonds. The first-order valence-electron chi connectivity index (χ1n) is 5.38. The molecule has 0 unspecified atom stereocenters. The molecule has 3 rings (SSSR count). The van der Waals surface area contributed by atoms with Crippen LogP contribution in [0.25, 0.3) is 5.52 Å². The molecule has 1 aromatic carbocycles. The largest absolute Gasteiger partial charge is 0.321 e. The highest BCUT2D eigenvalue weighted by Gasteiger charge is 2.02. The Hall–Kier alpha value is -2.09. The zero-order valence-corrected chi connectivity index (χ0v) is 8.88. The van der Waals surface area contributed by atoms with Gasteiger partial charge in [-0.1, -0.05) is 30.3 Å². The fourth-order valence-corrected chi connectivity index (χ4v) is 1.96. The Morgan fingerprint density at radius 3 is 2.69 bits per heavy atom. The second-order valence-corrected chi connectivity index (χ2v) is 3.84. The minimum atomic E-state index is 0.884. The molecule has 0 aliphatic rings. The fraction of sp³-hybridized carbons (Fsp3) is 0.0714. The first-order valence-corrected chi connectivity index (χ1v) is 5.38. The van der Waals surface area contributed by atoms with Crippen LogP contribution >= 0.6 is 0 Å². The molecular formula is C14H12N2. The van der Waals surface area contributed by atoms with Crippen LogP contribution < -0.4 is 0 Å². The van der Waals surface area contributed by atoms with Gasteiger partial charge >= 0.3 is 0 Å². The van der Waals surface area contributed by atoms with E-state index in [-0.39, 0.29) is 0 Å². The molecule has 16 heavy (non-hydrogen) atoms. The lowest BCUT2D eigenvalue weighted by Crippen LogP contribution is -1.95. The number of nitrogens with zero attached hydrogens (tertiary/aromatic N) is 2. The Morgan fingerprint density at radius 1 is 0.938 bits per heavy atom. The topological polar surface area (TPSA) is 17.3 Å². The number of benzene rings is 1. The van der Waals surface area contributed by atoms with E-state index < -0.39 is 0 Å². The number of fused-ring (bicyclic) bond motifs is 1. The van der Waals surface area contributed by atoms with Crippen molar-refractivity contribution in [1.29, 1.82) is 0 Å². The van der Waals surface area contributed by atoms with Crippen LogP contribution in [0.4, 0.5) is 0 Å². The highest BCUT2D eigenvalue weighted by atomic mass is 14.9. The van der Waals surface area contributed by atoms with Crippen molar-refractivity contribution in [3.8, 4) is 0 Å². The predicted octanol–water partition coefficient (Wildman–Crippen LogP) is 2.93. The van der Waals surface area contributed by atoms with Crippen molar-refractivity contribution in [2.75, 3.05) is 0 Å². The maximum atomic E-state index is 4.45. The third kappa shape index (κ3) is 1.58. The smallest absolute Gasteiger partial charge is 0.0687 e. The van der Waals surface area contributed by atoms with Crippen LogP contribution in [0, 0.1) is 0 Å². The molecule has 2 heteroatoms. The van der Waals surface area contributed by atoms with Crippen LogP contribution in [0.1, 0.15) is 11.3 Å². The van der Waals surface area contributed by atoms with Gasteiger partial charge in [0.25, 0.3) is 0 Å². The molecule has 0 aliphatic heterocycles. The van der Waals surface area contributed by atoms with E-state index in [9.17, 15) is 0 Å². The van der Waals surface area contributed by atoms with E-state index in [4.69, 9.17) is 0 Å². The lowest BCUT2D eigenvalue weighted by Gasteiger charge is -2.03. The molecule has 78 valence electrons. The maximum absolute atomic E-state index is 4.45. The summed E-state index contributed by atoms with van der Waals surface area (Å²) in [4.78, 5) is 4.45. The summed E-state index contributed by atoms with van der Waals surface area (Å²) in [5.74, 6) is 0. The first kappa shape index (κ1) is 9.16. The van der Waals surface area contributed by atoms with Crippen LogP contribution in [-0.2, 0) is 6.42 Å². The van der Waals surface area contributed by atoms with Gasteiger partial charge in [0.15, 0.2) is 0 Å². The summed E-state index contributed by atoms with van der Waals surface area (Å²) >= 11 is 0. The van der Waals surface area contributed by atoms with Gasteiger partial charge in [-0.05, 0) is 17.7 Å². The maximum Gasteiger partial charge on any atom is 0.0687 e. The van der Waals surface area contributed by atoms with Crippen LogP contribution in [0.15, 0.2) is 61.1 Å². The molecule has 0 fully saturated rings. The lowest BCUT2D eigenvalue weighted by molar-refractivity contribution is 1.03. The molecule has 2 heterocycles. The Labute approximate surface area is 94.2 Å². The molecule has 0 saturated heterocycles. The van der Waals surface area contributed by atoms with E-state index in [2.05, 4.69) is 39.7 Å². The molecule has 3 aromatic rings. The minimum Gasteiger partial charge on any atom is -0.321 e. The second kappa shape index (κ2) is 3.81. The summed E-state index contributed by atoms with van der Waals surface area (Å²) in [6, 6.07) is 14.6. The molecule has 0 atom stereocenters. The Bertz CT molecular complexity index is 596. The Morgan fingerprint density at radius 2 is 1.81 bits per heavy atom. The van der Waals surface area contributed by atoms with Crippen molar-refractivity contribution in [2.24, 2.45) is 0 Å². The predicted molar refractivity (Wildman–Crippen MR) is 64.4 cm³/mol. The average molecular weight is 208 g/mol. The highest BCUT2D eigenvalue weighted by Crippen LogP contribution is 2.13. The average Bonchev–Trinajstić information content (AvgIpc) is 2.80. The Balaban J connectivity index is 2.04. The third-order valence-electron chi connectivity index (χ3n) is 2.75. The van der Waals surface area contributed by atoms with Crippen LogP contribution in [0.5, 0.6) is 0 Å². The van der Waals surface area contributed by atoms with Crippen molar-refractivity contribution < 1.29 is 0 Å². The van der Waals surface area contributed by atoms with E-state index in [1.807, 2.05) is 30.7 Å². The van der Waals surface area contributed by atoms with E-state index in [1.54, 1.807) is 0 Å². The molecule has 0 radical (unpaired) electrons. The second-order valence-electron chi connectivity index (χ2n) is 3.84. The van der Waals surface area contributed by atoms with E-state index in [1.165, 1.54) is 11.1 Å².